The molecule has 34 heavy (non-hydrogen) atoms. The zero-order valence-corrected chi connectivity index (χ0v) is 20.9. The van der Waals surface area contributed by atoms with Gasteiger partial charge in [0.1, 0.15) is 27.4 Å². The maximum absolute atomic E-state index is 13.1. The second-order valence-corrected chi connectivity index (χ2v) is 9.14. The van der Waals surface area contributed by atoms with E-state index in [1.807, 2.05) is 38.1 Å². The SMILES string of the molecule is CCn1c(SCC(=O)Nc2cc(OC)ccc2OC)nc2c(-c3ccc(C)cc3)nsc2c1=O. The van der Waals surface area contributed by atoms with Gasteiger partial charge in [-0.1, -0.05) is 41.6 Å². The average Bonchev–Trinajstić information content (AvgIpc) is 3.27. The lowest BCUT2D eigenvalue weighted by Gasteiger charge is -2.12. The van der Waals surface area contributed by atoms with Crippen LogP contribution in [0.25, 0.3) is 21.5 Å². The third kappa shape index (κ3) is 4.78. The Bertz CT molecular complexity index is 1400. The van der Waals surface area contributed by atoms with Gasteiger partial charge in [-0.3, -0.25) is 14.2 Å². The van der Waals surface area contributed by atoms with E-state index in [0.29, 0.717) is 44.8 Å². The fourth-order valence-electron chi connectivity index (χ4n) is 3.41. The predicted octanol–water partition coefficient (Wildman–Crippen LogP) is 4.60. The number of hydrogen-bond acceptors (Lipinski definition) is 8. The smallest absolute Gasteiger partial charge is 0.273 e. The molecule has 0 atom stereocenters. The number of nitrogens with one attached hydrogen (secondary N) is 1. The first kappa shape index (κ1) is 23.8. The van der Waals surface area contributed by atoms with Crippen molar-refractivity contribution < 1.29 is 14.3 Å². The van der Waals surface area contributed by atoms with Crippen molar-refractivity contribution in [3.05, 3.63) is 58.4 Å². The highest BCUT2D eigenvalue weighted by atomic mass is 32.2. The van der Waals surface area contributed by atoms with Gasteiger partial charge in [0.25, 0.3) is 5.56 Å². The maximum Gasteiger partial charge on any atom is 0.273 e. The Morgan fingerprint density at radius 3 is 2.59 bits per heavy atom. The van der Waals surface area contributed by atoms with Crippen molar-refractivity contribution in [2.75, 3.05) is 25.3 Å². The summed E-state index contributed by atoms with van der Waals surface area (Å²) in [5.74, 6) is 0.937. The number of aryl methyl sites for hydroxylation is 1. The van der Waals surface area contributed by atoms with Crippen LogP contribution in [0, 0.1) is 6.92 Å². The standard InChI is InChI=1S/C24H24N4O4S2/c1-5-28-23(30)22-21(20(27-34-22)15-8-6-14(2)7-9-15)26-24(28)33-13-19(29)25-17-12-16(31-3)10-11-18(17)32-4/h6-12H,5,13H2,1-4H3,(H,25,29). The molecule has 2 aromatic carbocycles. The van der Waals surface area contributed by atoms with Crippen LogP contribution in [0.15, 0.2) is 52.4 Å². The number of carbonyl (C=O) groups is 1. The van der Waals surface area contributed by atoms with Crippen LogP contribution in [-0.4, -0.2) is 39.8 Å². The molecule has 0 bridgehead atoms. The summed E-state index contributed by atoms with van der Waals surface area (Å²) in [5, 5.41) is 3.32. The van der Waals surface area contributed by atoms with E-state index in [1.54, 1.807) is 29.9 Å². The lowest BCUT2D eigenvalue weighted by Crippen LogP contribution is -2.23. The van der Waals surface area contributed by atoms with Crippen molar-refractivity contribution in [3.63, 3.8) is 0 Å². The number of hydrogen-bond donors (Lipinski definition) is 1. The first-order valence-electron chi connectivity index (χ1n) is 10.6. The molecule has 0 aliphatic carbocycles. The fraction of sp³-hybridized carbons (Fsp3) is 0.250. The Morgan fingerprint density at radius 2 is 1.91 bits per heavy atom. The van der Waals surface area contributed by atoms with Gasteiger partial charge in [-0.2, -0.15) is 4.37 Å². The molecule has 0 saturated heterocycles. The van der Waals surface area contributed by atoms with Crippen LogP contribution in [0.4, 0.5) is 5.69 Å². The summed E-state index contributed by atoms with van der Waals surface area (Å²) in [5.41, 5.74) is 3.62. The van der Waals surface area contributed by atoms with Gasteiger partial charge in [-0.15, -0.1) is 0 Å². The molecule has 0 radical (unpaired) electrons. The van der Waals surface area contributed by atoms with Gasteiger partial charge >= 0.3 is 0 Å². The number of methoxy groups -OCH3 is 2. The largest absolute Gasteiger partial charge is 0.497 e. The minimum absolute atomic E-state index is 0.0652. The normalized spacial score (nSPS) is 10.9. The number of carbonyl (C=O) groups excluding carboxylic acids is 1. The molecule has 4 rings (SSSR count). The number of benzene rings is 2. The quantitative estimate of drug-likeness (QED) is 0.281. The summed E-state index contributed by atoms with van der Waals surface area (Å²) in [6.45, 7) is 4.33. The number of nitrogens with zero attached hydrogens (tertiary/aromatic N) is 3. The van der Waals surface area contributed by atoms with E-state index in [0.717, 1.165) is 22.7 Å². The fourth-order valence-corrected chi connectivity index (χ4v) is 5.06. The van der Waals surface area contributed by atoms with Crippen molar-refractivity contribution in [1.29, 1.82) is 0 Å². The van der Waals surface area contributed by atoms with Crippen LogP contribution in [0.1, 0.15) is 12.5 Å². The van der Waals surface area contributed by atoms with Crippen molar-refractivity contribution in [2.24, 2.45) is 0 Å². The van der Waals surface area contributed by atoms with E-state index < -0.39 is 0 Å². The molecule has 0 saturated carbocycles. The van der Waals surface area contributed by atoms with Gasteiger partial charge < -0.3 is 14.8 Å². The summed E-state index contributed by atoms with van der Waals surface area (Å²) < 4.78 is 17.1. The van der Waals surface area contributed by atoms with E-state index in [4.69, 9.17) is 14.5 Å². The molecule has 2 aromatic heterocycles. The molecule has 1 amide bonds. The van der Waals surface area contributed by atoms with Gasteiger partial charge in [0.2, 0.25) is 5.91 Å². The molecule has 8 nitrogen and oxygen atoms in total. The molecule has 10 heteroatoms. The monoisotopic (exact) mass is 496 g/mol. The highest BCUT2D eigenvalue weighted by molar-refractivity contribution is 7.99. The number of anilines is 1. The highest BCUT2D eigenvalue weighted by Gasteiger charge is 2.19. The maximum atomic E-state index is 13.1. The van der Waals surface area contributed by atoms with Gasteiger partial charge in [0, 0.05) is 18.2 Å². The molecule has 4 aromatic rings. The van der Waals surface area contributed by atoms with Gasteiger partial charge in [-0.05, 0) is 37.5 Å². The molecule has 0 spiro atoms. The van der Waals surface area contributed by atoms with Gasteiger partial charge in [0.15, 0.2) is 5.16 Å². The average molecular weight is 497 g/mol. The Labute approximate surface area is 205 Å². The van der Waals surface area contributed by atoms with Crippen LogP contribution in [-0.2, 0) is 11.3 Å². The Morgan fingerprint density at radius 1 is 1.15 bits per heavy atom. The van der Waals surface area contributed by atoms with E-state index in [9.17, 15) is 9.59 Å². The minimum Gasteiger partial charge on any atom is -0.497 e. The lowest BCUT2D eigenvalue weighted by atomic mass is 10.1. The van der Waals surface area contributed by atoms with Gasteiger partial charge in [-0.25, -0.2) is 4.98 Å². The van der Waals surface area contributed by atoms with E-state index in [2.05, 4.69) is 9.69 Å². The number of amides is 1. The topological polar surface area (TPSA) is 95.3 Å². The summed E-state index contributed by atoms with van der Waals surface area (Å²) in [6.07, 6.45) is 0. The number of fused-ring (bicyclic) bond motifs is 1. The molecule has 0 aliphatic heterocycles. The van der Waals surface area contributed by atoms with Crippen molar-refractivity contribution in [3.8, 4) is 22.8 Å². The molecule has 176 valence electrons. The molecule has 0 fully saturated rings. The van der Waals surface area contributed by atoms with E-state index >= 15 is 0 Å². The number of aromatic nitrogens is 3. The van der Waals surface area contributed by atoms with E-state index in [-0.39, 0.29) is 17.2 Å². The second-order valence-electron chi connectivity index (χ2n) is 7.42. The van der Waals surface area contributed by atoms with Crippen LogP contribution < -0.4 is 20.3 Å². The predicted molar refractivity (Wildman–Crippen MR) is 136 cm³/mol. The van der Waals surface area contributed by atoms with Crippen LogP contribution in [0.3, 0.4) is 0 Å². The zero-order chi connectivity index (χ0) is 24.2. The first-order valence-corrected chi connectivity index (χ1v) is 12.3. The third-order valence-corrected chi connectivity index (χ3v) is 7.00. The van der Waals surface area contributed by atoms with E-state index in [1.165, 1.54) is 18.9 Å². The number of rotatable bonds is 8. The molecule has 2 heterocycles. The molecular formula is C24H24N4O4S2. The summed E-state index contributed by atoms with van der Waals surface area (Å²) >= 11 is 2.36. The molecule has 0 aliphatic rings. The Balaban J connectivity index is 1.61. The Hall–Kier alpha value is -3.37. The molecule has 1 N–H and O–H groups in total. The second kappa shape index (κ2) is 10.3. The summed E-state index contributed by atoms with van der Waals surface area (Å²) in [4.78, 5) is 30.6. The van der Waals surface area contributed by atoms with Gasteiger partial charge in [0.05, 0.1) is 25.7 Å². The van der Waals surface area contributed by atoms with Crippen LogP contribution in [0.2, 0.25) is 0 Å². The molecular weight excluding hydrogens is 472 g/mol. The van der Waals surface area contributed by atoms with Crippen LogP contribution in [0.5, 0.6) is 11.5 Å². The Kier molecular flexibility index (Phi) is 7.18. The summed E-state index contributed by atoms with van der Waals surface area (Å²) in [6, 6.07) is 13.1. The third-order valence-electron chi connectivity index (χ3n) is 5.20. The van der Waals surface area contributed by atoms with Crippen LogP contribution >= 0.6 is 23.3 Å². The lowest BCUT2D eigenvalue weighted by molar-refractivity contribution is -0.113. The number of ether oxygens (including phenoxy) is 2. The van der Waals surface area contributed by atoms with Crippen molar-refractivity contribution in [1.82, 2.24) is 13.9 Å². The van der Waals surface area contributed by atoms with Crippen molar-refractivity contribution >= 4 is 45.1 Å². The number of thioether (sulfide) groups is 1. The highest BCUT2D eigenvalue weighted by Crippen LogP contribution is 2.31. The summed E-state index contributed by atoms with van der Waals surface area (Å²) in [7, 11) is 3.09. The molecule has 0 unspecified atom stereocenters. The zero-order valence-electron chi connectivity index (χ0n) is 19.2. The van der Waals surface area contributed by atoms with Crippen molar-refractivity contribution in [2.45, 2.75) is 25.5 Å². The first-order chi connectivity index (χ1) is 16.4. The minimum atomic E-state index is -0.254.